The minimum Gasteiger partial charge on any atom is -0.480 e. The molecule has 0 heterocycles. The highest BCUT2D eigenvalue weighted by Gasteiger charge is 2.31. The van der Waals surface area contributed by atoms with Crippen molar-refractivity contribution in [2.75, 3.05) is 6.54 Å². The lowest BCUT2D eigenvalue weighted by Crippen LogP contribution is -2.52. The van der Waals surface area contributed by atoms with Gasteiger partial charge in [-0.1, -0.05) is 0 Å². The zero-order valence-corrected chi connectivity index (χ0v) is 13.9. The minimum atomic E-state index is -4.91. The van der Waals surface area contributed by atoms with Crippen molar-refractivity contribution >= 4 is 21.9 Å². The van der Waals surface area contributed by atoms with Crippen LogP contribution < -0.4 is 14.8 Å². The minimum absolute atomic E-state index is 0.396. The first-order valence-electron chi connectivity index (χ1n) is 6.63. The standard InChI is InChI=1S/C13H15F3N2O6S/c1-12(2,11(20)21)18-10(19)7-17-25(22,23)9-5-3-8(4-6-9)24-13(14,15)16/h3-6,17H,7H2,1-2H3,(H,18,19)(H,20,21). The molecule has 140 valence electrons. The summed E-state index contributed by atoms with van der Waals surface area (Å²) in [5.74, 6) is -2.82. The molecule has 0 aliphatic rings. The van der Waals surface area contributed by atoms with Crippen molar-refractivity contribution in [3.05, 3.63) is 24.3 Å². The molecule has 0 aliphatic heterocycles. The molecule has 0 spiro atoms. The maximum absolute atomic E-state index is 12.0. The van der Waals surface area contributed by atoms with Crippen molar-refractivity contribution < 1.29 is 41.0 Å². The predicted molar refractivity (Wildman–Crippen MR) is 78.2 cm³/mol. The number of benzene rings is 1. The summed E-state index contributed by atoms with van der Waals surface area (Å²) < 4.78 is 65.6. The van der Waals surface area contributed by atoms with Gasteiger partial charge in [0.05, 0.1) is 11.4 Å². The molecule has 0 aromatic heterocycles. The highest BCUT2D eigenvalue weighted by atomic mass is 32.2. The first-order chi connectivity index (χ1) is 11.2. The van der Waals surface area contributed by atoms with Crippen molar-refractivity contribution in [3.8, 4) is 5.75 Å². The Hall–Kier alpha value is -2.34. The van der Waals surface area contributed by atoms with Crippen molar-refractivity contribution in [2.45, 2.75) is 30.6 Å². The molecular weight excluding hydrogens is 369 g/mol. The second-order valence-corrected chi connectivity index (χ2v) is 7.09. The number of carboxylic acid groups (broad SMARTS) is 1. The molecule has 1 aromatic carbocycles. The lowest BCUT2D eigenvalue weighted by molar-refractivity contribution is -0.274. The first kappa shape index (κ1) is 20.7. The van der Waals surface area contributed by atoms with E-state index < -0.39 is 51.0 Å². The fraction of sp³-hybridized carbons (Fsp3) is 0.385. The van der Waals surface area contributed by atoms with Crippen LogP contribution in [0.1, 0.15) is 13.8 Å². The van der Waals surface area contributed by atoms with Crippen LogP contribution >= 0.6 is 0 Å². The van der Waals surface area contributed by atoms with Crippen LogP contribution in [0.25, 0.3) is 0 Å². The van der Waals surface area contributed by atoms with Gasteiger partial charge in [-0.05, 0) is 38.1 Å². The lowest BCUT2D eigenvalue weighted by atomic mass is 10.1. The van der Waals surface area contributed by atoms with Crippen LogP contribution in [0.5, 0.6) is 5.75 Å². The molecule has 3 N–H and O–H groups in total. The monoisotopic (exact) mass is 384 g/mol. The zero-order valence-electron chi connectivity index (χ0n) is 13.0. The van der Waals surface area contributed by atoms with E-state index >= 15 is 0 Å². The van der Waals surface area contributed by atoms with E-state index in [2.05, 4.69) is 10.1 Å². The second kappa shape index (κ2) is 7.27. The van der Waals surface area contributed by atoms with Gasteiger partial charge in [-0.3, -0.25) is 4.79 Å². The summed E-state index contributed by atoms with van der Waals surface area (Å²) in [6, 6.07) is 3.33. The first-order valence-corrected chi connectivity index (χ1v) is 8.11. The molecule has 1 aromatic rings. The average Bonchev–Trinajstić information content (AvgIpc) is 2.43. The number of amides is 1. The Balaban J connectivity index is 2.73. The number of sulfonamides is 1. The lowest BCUT2D eigenvalue weighted by Gasteiger charge is -2.21. The average molecular weight is 384 g/mol. The van der Waals surface area contributed by atoms with Gasteiger partial charge in [-0.25, -0.2) is 17.9 Å². The van der Waals surface area contributed by atoms with Gasteiger partial charge in [0.2, 0.25) is 15.9 Å². The molecule has 1 rings (SSSR count). The number of alkyl halides is 3. The molecular formula is C13H15F3N2O6S. The number of halogens is 3. The van der Waals surface area contributed by atoms with Crippen LogP contribution in [-0.4, -0.2) is 43.8 Å². The topological polar surface area (TPSA) is 122 Å². The molecule has 0 radical (unpaired) electrons. The molecule has 0 saturated carbocycles. The number of hydrogen-bond acceptors (Lipinski definition) is 5. The van der Waals surface area contributed by atoms with E-state index in [9.17, 15) is 31.2 Å². The molecule has 0 unspecified atom stereocenters. The van der Waals surface area contributed by atoms with Crippen molar-refractivity contribution in [1.82, 2.24) is 10.0 Å². The Morgan fingerprint density at radius 3 is 2.12 bits per heavy atom. The van der Waals surface area contributed by atoms with Crippen LogP contribution in [-0.2, 0) is 19.6 Å². The molecule has 1 amide bonds. The number of carboxylic acids is 1. The zero-order chi connectivity index (χ0) is 19.5. The van der Waals surface area contributed by atoms with Gasteiger partial charge in [0.1, 0.15) is 11.3 Å². The summed E-state index contributed by atoms with van der Waals surface area (Å²) in [4.78, 5) is 22.1. The van der Waals surface area contributed by atoms with Gasteiger partial charge in [0.25, 0.3) is 0 Å². The van der Waals surface area contributed by atoms with E-state index in [4.69, 9.17) is 5.11 Å². The Bertz CT molecular complexity index is 744. The number of aliphatic carboxylic acids is 1. The molecule has 12 heteroatoms. The van der Waals surface area contributed by atoms with Crippen LogP contribution in [0.4, 0.5) is 13.2 Å². The quantitative estimate of drug-likeness (QED) is 0.641. The molecule has 0 bridgehead atoms. The van der Waals surface area contributed by atoms with E-state index in [1.54, 1.807) is 0 Å². The summed E-state index contributed by atoms with van der Waals surface area (Å²) in [5, 5.41) is 11.0. The molecule has 0 saturated heterocycles. The maximum atomic E-state index is 12.0. The molecule has 0 aliphatic carbocycles. The Morgan fingerprint density at radius 1 is 1.16 bits per heavy atom. The van der Waals surface area contributed by atoms with Gasteiger partial charge in [0.15, 0.2) is 0 Å². The Kier molecular flexibility index (Phi) is 6.02. The number of rotatable bonds is 7. The SMILES string of the molecule is CC(C)(NC(=O)CNS(=O)(=O)c1ccc(OC(F)(F)F)cc1)C(=O)O. The van der Waals surface area contributed by atoms with Crippen LogP contribution in [0.2, 0.25) is 0 Å². The fourth-order valence-corrected chi connectivity index (χ4v) is 2.49. The van der Waals surface area contributed by atoms with Gasteiger partial charge >= 0.3 is 12.3 Å². The maximum Gasteiger partial charge on any atom is 0.573 e. The summed E-state index contributed by atoms with van der Waals surface area (Å²) in [7, 11) is -4.19. The van der Waals surface area contributed by atoms with Gasteiger partial charge in [0, 0.05) is 0 Å². The largest absolute Gasteiger partial charge is 0.573 e. The third-order valence-corrected chi connectivity index (χ3v) is 4.19. The summed E-state index contributed by atoms with van der Waals surface area (Å²) >= 11 is 0. The number of ether oxygens (including phenoxy) is 1. The van der Waals surface area contributed by atoms with Crippen molar-refractivity contribution in [1.29, 1.82) is 0 Å². The van der Waals surface area contributed by atoms with Crippen LogP contribution in [0, 0.1) is 0 Å². The third-order valence-electron chi connectivity index (χ3n) is 2.78. The van der Waals surface area contributed by atoms with Gasteiger partial charge in [-0.15, -0.1) is 13.2 Å². The molecule has 0 atom stereocenters. The number of carbonyl (C=O) groups excluding carboxylic acids is 1. The predicted octanol–water partition coefficient (Wildman–Crippen LogP) is 0.843. The van der Waals surface area contributed by atoms with E-state index in [0.717, 1.165) is 24.3 Å². The highest BCUT2D eigenvalue weighted by Crippen LogP contribution is 2.23. The Labute approximate surface area is 141 Å². The van der Waals surface area contributed by atoms with Crippen LogP contribution in [0.3, 0.4) is 0 Å². The Morgan fingerprint density at radius 2 is 1.68 bits per heavy atom. The highest BCUT2D eigenvalue weighted by molar-refractivity contribution is 7.89. The number of hydrogen-bond donors (Lipinski definition) is 3. The van der Waals surface area contributed by atoms with E-state index in [1.165, 1.54) is 13.8 Å². The van der Waals surface area contributed by atoms with E-state index in [-0.39, 0.29) is 0 Å². The number of nitrogens with one attached hydrogen (secondary N) is 2. The van der Waals surface area contributed by atoms with Crippen molar-refractivity contribution in [2.24, 2.45) is 0 Å². The molecule has 0 fully saturated rings. The molecule has 25 heavy (non-hydrogen) atoms. The normalized spacial score (nSPS) is 12.5. The van der Waals surface area contributed by atoms with Gasteiger partial charge < -0.3 is 15.2 Å². The molecule has 8 nitrogen and oxygen atoms in total. The van der Waals surface area contributed by atoms with Crippen molar-refractivity contribution in [3.63, 3.8) is 0 Å². The summed E-state index contributed by atoms with van der Waals surface area (Å²) in [6.45, 7) is 1.67. The smallest absolute Gasteiger partial charge is 0.480 e. The third kappa shape index (κ3) is 6.58. The summed E-state index contributed by atoms with van der Waals surface area (Å²) in [5.41, 5.74) is -1.60. The number of carbonyl (C=O) groups is 2. The fourth-order valence-electron chi connectivity index (χ4n) is 1.51. The van der Waals surface area contributed by atoms with Gasteiger partial charge in [-0.2, -0.15) is 0 Å². The van der Waals surface area contributed by atoms with E-state index in [0.29, 0.717) is 0 Å². The van der Waals surface area contributed by atoms with E-state index in [1.807, 2.05) is 4.72 Å². The summed E-state index contributed by atoms with van der Waals surface area (Å²) in [6.07, 6.45) is -4.91. The van der Waals surface area contributed by atoms with Crippen LogP contribution in [0.15, 0.2) is 29.2 Å². The second-order valence-electron chi connectivity index (χ2n) is 5.32.